The number of aromatic nitrogens is 2. The van der Waals surface area contributed by atoms with E-state index >= 15 is 0 Å². The summed E-state index contributed by atoms with van der Waals surface area (Å²) in [6.45, 7) is 2.20. The highest BCUT2D eigenvalue weighted by molar-refractivity contribution is 5.95. The molecule has 1 amide bonds. The van der Waals surface area contributed by atoms with Gasteiger partial charge in [-0.2, -0.15) is 18.3 Å². The monoisotopic (exact) mass is 448 g/mol. The van der Waals surface area contributed by atoms with Gasteiger partial charge in [-0.25, -0.2) is 4.39 Å². The van der Waals surface area contributed by atoms with Gasteiger partial charge in [0.1, 0.15) is 5.82 Å². The van der Waals surface area contributed by atoms with Crippen molar-refractivity contribution in [3.8, 4) is 11.3 Å². The first kappa shape index (κ1) is 23.5. The van der Waals surface area contributed by atoms with E-state index in [9.17, 15) is 22.4 Å². The van der Waals surface area contributed by atoms with Gasteiger partial charge < -0.3 is 5.32 Å². The summed E-state index contributed by atoms with van der Waals surface area (Å²) in [6, 6.07) is 12.2. The number of carbonyl (C=O) groups is 1. The first-order chi connectivity index (χ1) is 15.1. The summed E-state index contributed by atoms with van der Waals surface area (Å²) in [6.07, 6.45) is -3.17. The normalized spacial score (nSPS) is 12.7. The molecule has 32 heavy (non-hydrogen) atoms. The minimum absolute atomic E-state index is 0.254. The Labute approximate surface area is 183 Å². The molecule has 0 fully saturated rings. The molecule has 0 radical (unpaired) electrons. The number of carbonyl (C=O) groups excluding carboxylic acids is 1. The lowest BCUT2D eigenvalue weighted by molar-refractivity contribution is -0.137. The minimum Gasteiger partial charge on any atom is -0.324 e. The van der Waals surface area contributed by atoms with Crippen LogP contribution in [0.2, 0.25) is 0 Å². The van der Waals surface area contributed by atoms with E-state index in [2.05, 4.69) is 15.5 Å². The van der Waals surface area contributed by atoms with Crippen LogP contribution in [-0.2, 0) is 17.4 Å². The van der Waals surface area contributed by atoms with Crippen molar-refractivity contribution in [2.75, 3.05) is 18.9 Å². The van der Waals surface area contributed by atoms with Crippen molar-refractivity contribution in [1.29, 1.82) is 0 Å². The van der Waals surface area contributed by atoms with Gasteiger partial charge in [0.2, 0.25) is 5.91 Å². The Bertz CT molecular complexity index is 1050. The lowest BCUT2D eigenvalue weighted by Gasteiger charge is -2.24. The van der Waals surface area contributed by atoms with Crippen molar-refractivity contribution >= 4 is 11.6 Å². The predicted octanol–water partition coefficient (Wildman–Crippen LogP) is 5.13. The van der Waals surface area contributed by atoms with E-state index in [4.69, 9.17) is 0 Å². The molecule has 1 atom stereocenters. The molecule has 0 aliphatic carbocycles. The first-order valence-corrected chi connectivity index (χ1v) is 10.1. The van der Waals surface area contributed by atoms with Crippen LogP contribution in [-0.4, -0.2) is 40.6 Å². The second-order valence-corrected chi connectivity index (χ2v) is 7.58. The molecule has 0 saturated heterocycles. The van der Waals surface area contributed by atoms with Crippen LogP contribution in [0.3, 0.4) is 0 Å². The maximum Gasteiger partial charge on any atom is 0.418 e. The number of nitrogens with zero attached hydrogens (tertiary/aromatic N) is 2. The number of para-hydroxylation sites is 1. The second-order valence-electron chi connectivity index (χ2n) is 7.58. The Kier molecular flexibility index (Phi) is 7.29. The Morgan fingerprint density at radius 2 is 1.84 bits per heavy atom. The summed E-state index contributed by atoms with van der Waals surface area (Å²) in [5.74, 6) is -0.822. The van der Waals surface area contributed by atoms with Crippen molar-refractivity contribution < 1.29 is 22.4 Å². The Morgan fingerprint density at radius 1 is 1.16 bits per heavy atom. The number of hydrogen-bond acceptors (Lipinski definition) is 3. The fraction of sp³-hybridized carbons (Fsp3) is 0.304. The van der Waals surface area contributed by atoms with E-state index in [0.29, 0.717) is 25.1 Å². The third kappa shape index (κ3) is 5.94. The number of hydrogen-bond donors (Lipinski definition) is 2. The lowest BCUT2D eigenvalue weighted by Crippen LogP contribution is -2.40. The summed E-state index contributed by atoms with van der Waals surface area (Å²) >= 11 is 0. The summed E-state index contributed by atoms with van der Waals surface area (Å²) in [5, 5.41) is 9.57. The van der Waals surface area contributed by atoms with Gasteiger partial charge in [0.05, 0.1) is 23.0 Å². The van der Waals surface area contributed by atoms with Gasteiger partial charge in [0, 0.05) is 11.3 Å². The predicted molar refractivity (Wildman–Crippen MR) is 114 cm³/mol. The van der Waals surface area contributed by atoms with Crippen molar-refractivity contribution in [2.45, 2.75) is 32.0 Å². The van der Waals surface area contributed by atoms with Crippen molar-refractivity contribution in [2.24, 2.45) is 0 Å². The Hall–Kier alpha value is -3.20. The number of H-pyrrole nitrogens is 1. The fourth-order valence-corrected chi connectivity index (χ4v) is 3.25. The zero-order valence-corrected chi connectivity index (χ0v) is 17.7. The summed E-state index contributed by atoms with van der Waals surface area (Å²) < 4.78 is 52.4. The number of rotatable bonds is 8. The maximum absolute atomic E-state index is 13.1. The third-order valence-electron chi connectivity index (χ3n) is 5.26. The molecule has 3 aromatic rings. The van der Waals surface area contributed by atoms with Crippen molar-refractivity contribution in [3.05, 3.63) is 71.7 Å². The number of alkyl halides is 3. The van der Waals surface area contributed by atoms with E-state index < -0.39 is 23.7 Å². The summed E-state index contributed by atoms with van der Waals surface area (Å²) in [7, 11) is 1.75. The average Bonchev–Trinajstić information content (AvgIpc) is 3.22. The van der Waals surface area contributed by atoms with Gasteiger partial charge in [-0.3, -0.25) is 14.8 Å². The molecular weight excluding hydrogens is 424 g/mol. The smallest absolute Gasteiger partial charge is 0.324 e. The highest BCUT2D eigenvalue weighted by Crippen LogP contribution is 2.34. The first-order valence-electron chi connectivity index (χ1n) is 10.1. The van der Waals surface area contributed by atoms with Crippen LogP contribution >= 0.6 is 0 Å². The molecular formula is C23H24F4N4O. The van der Waals surface area contributed by atoms with Crippen LogP contribution in [0.25, 0.3) is 11.3 Å². The molecule has 1 heterocycles. The molecule has 0 bridgehead atoms. The third-order valence-corrected chi connectivity index (χ3v) is 5.26. The summed E-state index contributed by atoms with van der Waals surface area (Å²) in [4.78, 5) is 14.3. The molecule has 0 saturated carbocycles. The summed E-state index contributed by atoms with van der Waals surface area (Å²) in [5.41, 5.74) is 1.28. The Morgan fingerprint density at radius 3 is 2.53 bits per heavy atom. The van der Waals surface area contributed by atoms with E-state index in [1.165, 1.54) is 30.3 Å². The minimum atomic E-state index is -4.55. The van der Waals surface area contributed by atoms with Gasteiger partial charge in [-0.15, -0.1) is 0 Å². The maximum atomic E-state index is 13.1. The molecule has 0 aliphatic heterocycles. The largest absolute Gasteiger partial charge is 0.418 e. The van der Waals surface area contributed by atoms with Crippen LogP contribution in [0.15, 0.2) is 54.6 Å². The second kappa shape index (κ2) is 9.95. The molecule has 1 unspecified atom stereocenters. The molecule has 0 aliphatic rings. The number of anilines is 1. The quantitative estimate of drug-likeness (QED) is 0.470. The van der Waals surface area contributed by atoms with Crippen molar-refractivity contribution in [3.63, 3.8) is 0 Å². The molecule has 2 N–H and O–H groups in total. The molecule has 2 aromatic carbocycles. The van der Waals surface area contributed by atoms with E-state index in [1.54, 1.807) is 31.0 Å². The zero-order chi connectivity index (χ0) is 23.3. The number of aromatic amines is 1. The van der Waals surface area contributed by atoms with Crippen LogP contribution in [0.1, 0.15) is 24.6 Å². The molecule has 0 spiro atoms. The molecule has 3 rings (SSSR count). The molecule has 5 nitrogen and oxygen atoms in total. The van der Waals surface area contributed by atoms with Gasteiger partial charge in [-0.05, 0) is 75.8 Å². The van der Waals surface area contributed by atoms with Crippen LogP contribution in [0.5, 0.6) is 0 Å². The number of nitrogens with one attached hydrogen (secondary N) is 2. The number of benzene rings is 2. The van der Waals surface area contributed by atoms with Crippen LogP contribution < -0.4 is 5.32 Å². The van der Waals surface area contributed by atoms with E-state index in [1.807, 2.05) is 6.07 Å². The molecule has 1 aromatic heterocycles. The standard InChI is InChI=1S/C23H24F4N4O/c1-15(22(32)28-20-8-4-3-7-19(20)23(25,26)27)31(2)13-5-6-18-14-21(30-29-18)16-9-11-17(24)12-10-16/h3-4,7-12,14-15H,5-6,13H2,1-2H3,(H,28,32)(H,29,30). The van der Waals surface area contributed by atoms with Crippen LogP contribution in [0, 0.1) is 5.82 Å². The highest BCUT2D eigenvalue weighted by Gasteiger charge is 2.34. The van der Waals surface area contributed by atoms with Gasteiger partial charge >= 0.3 is 6.18 Å². The highest BCUT2D eigenvalue weighted by atomic mass is 19.4. The number of amides is 1. The van der Waals surface area contributed by atoms with Gasteiger partial charge in [0.25, 0.3) is 0 Å². The lowest BCUT2D eigenvalue weighted by atomic mass is 10.1. The molecule has 170 valence electrons. The topological polar surface area (TPSA) is 61.0 Å². The number of likely N-dealkylation sites (N-methyl/N-ethyl adjacent to an activating group) is 1. The number of halogens is 4. The molecule has 9 heteroatoms. The zero-order valence-electron chi connectivity index (χ0n) is 17.7. The van der Waals surface area contributed by atoms with Gasteiger partial charge in [-0.1, -0.05) is 12.1 Å². The van der Waals surface area contributed by atoms with Crippen LogP contribution in [0.4, 0.5) is 23.2 Å². The Balaban J connectivity index is 1.51. The fourth-order valence-electron chi connectivity index (χ4n) is 3.25. The SMILES string of the molecule is CC(C(=O)Nc1ccccc1C(F)(F)F)N(C)CCCc1cc(-c2ccc(F)cc2)n[nH]1. The number of aryl methyl sites for hydroxylation is 1. The van der Waals surface area contributed by atoms with E-state index in [0.717, 1.165) is 17.3 Å². The average molecular weight is 448 g/mol. The van der Waals surface area contributed by atoms with Crippen molar-refractivity contribution in [1.82, 2.24) is 15.1 Å². The van der Waals surface area contributed by atoms with Gasteiger partial charge in [0.15, 0.2) is 0 Å². The van der Waals surface area contributed by atoms with E-state index in [-0.39, 0.29) is 11.5 Å².